The van der Waals surface area contributed by atoms with Gasteiger partial charge >= 0.3 is 11.9 Å². The first kappa shape index (κ1) is 16.8. The number of phenols is 1. The van der Waals surface area contributed by atoms with Crippen LogP contribution in [0, 0.1) is 6.92 Å². The Hall–Kier alpha value is -2.57. The van der Waals surface area contributed by atoms with Gasteiger partial charge < -0.3 is 19.3 Å². The summed E-state index contributed by atoms with van der Waals surface area (Å²) >= 11 is 0. The van der Waals surface area contributed by atoms with Crippen LogP contribution in [0.15, 0.2) is 12.1 Å². The van der Waals surface area contributed by atoms with Crippen LogP contribution in [0.1, 0.15) is 36.2 Å². The van der Waals surface area contributed by atoms with E-state index in [2.05, 4.69) is 0 Å². The molecule has 0 saturated carbocycles. The smallest absolute Gasteiger partial charge is 0.302 e. The van der Waals surface area contributed by atoms with Crippen molar-refractivity contribution in [3.8, 4) is 11.5 Å². The summed E-state index contributed by atoms with van der Waals surface area (Å²) in [4.78, 5) is 34.6. The van der Waals surface area contributed by atoms with Crippen molar-refractivity contribution in [2.75, 3.05) is 13.2 Å². The van der Waals surface area contributed by atoms with Crippen LogP contribution in [0.25, 0.3) is 0 Å². The molecular weight excluding hydrogens is 304 g/mol. The van der Waals surface area contributed by atoms with Gasteiger partial charge in [-0.05, 0) is 24.6 Å². The third-order valence-corrected chi connectivity index (χ3v) is 3.39. The van der Waals surface area contributed by atoms with Crippen LogP contribution in [0.5, 0.6) is 11.5 Å². The van der Waals surface area contributed by atoms with Crippen molar-refractivity contribution in [1.82, 2.24) is 0 Å². The van der Waals surface area contributed by atoms with E-state index in [0.29, 0.717) is 5.56 Å². The molecule has 7 nitrogen and oxygen atoms in total. The molecule has 0 fully saturated rings. The molecule has 0 unspecified atom stereocenters. The van der Waals surface area contributed by atoms with Gasteiger partial charge in [0.1, 0.15) is 30.3 Å². The van der Waals surface area contributed by atoms with Crippen LogP contribution in [-0.4, -0.2) is 41.6 Å². The average Bonchev–Trinajstić information content (AvgIpc) is 2.42. The zero-order valence-electron chi connectivity index (χ0n) is 13.2. The second-order valence-electron chi connectivity index (χ2n) is 5.60. The van der Waals surface area contributed by atoms with E-state index < -0.39 is 17.5 Å². The van der Waals surface area contributed by atoms with E-state index in [1.165, 1.54) is 19.9 Å². The van der Waals surface area contributed by atoms with Gasteiger partial charge in [-0.2, -0.15) is 0 Å². The lowest BCUT2D eigenvalue weighted by molar-refractivity contribution is -0.157. The molecule has 1 aliphatic heterocycles. The molecule has 0 aliphatic carbocycles. The highest BCUT2D eigenvalue weighted by Crippen LogP contribution is 2.39. The van der Waals surface area contributed by atoms with Crippen LogP contribution in [0.2, 0.25) is 0 Å². The molecule has 0 saturated heterocycles. The number of aromatic hydroxyl groups is 1. The molecule has 1 aliphatic rings. The number of aryl methyl sites for hydroxylation is 1. The lowest BCUT2D eigenvalue weighted by Crippen LogP contribution is -2.50. The number of benzene rings is 1. The summed E-state index contributed by atoms with van der Waals surface area (Å²) in [7, 11) is 0. The number of carbonyl (C=O) groups is 3. The Kier molecular flexibility index (Phi) is 4.58. The molecule has 1 aromatic carbocycles. The maximum Gasteiger partial charge on any atom is 0.302 e. The summed E-state index contributed by atoms with van der Waals surface area (Å²) in [5, 5.41) is 9.94. The summed E-state index contributed by atoms with van der Waals surface area (Å²) in [6, 6.07) is 3.06. The van der Waals surface area contributed by atoms with Crippen molar-refractivity contribution < 1.29 is 33.7 Å². The standard InChI is InChI=1S/C16H18O7/c1-9-4-12(19)15-13(20)6-16(7-21-10(2)17,8-22-11(3)18)23-14(15)5-9/h4-5,19H,6-8H2,1-3H3. The summed E-state index contributed by atoms with van der Waals surface area (Å²) in [6.45, 7) is 3.72. The van der Waals surface area contributed by atoms with Gasteiger partial charge in [-0.3, -0.25) is 14.4 Å². The van der Waals surface area contributed by atoms with Crippen molar-refractivity contribution in [3.63, 3.8) is 0 Å². The summed E-state index contributed by atoms with van der Waals surface area (Å²) in [5.74, 6) is -1.44. The number of hydrogen-bond donors (Lipinski definition) is 1. The molecule has 0 amide bonds. The molecule has 2 rings (SSSR count). The number of phenolic OH excluding ortho intramolecular Hbond substituents is 1. The Morgan fingerprint density at radius 1 is 1.22 bits per heavy atom. The Morgan fingerprint density at radius 2 is 1.78 bits per heavy atom. The Balaban J connectivity index is 2.37. The maximum absolute atomic E-state index is 12.4. The van der Waals surface area contributed by atoms with Gasteiger partial charge in [-0.1, -0.05) is 0 Å². The molecule has 1 heterocycles. The van der Waals surface area contributed by atoms with Crippen molar-refractivity contribution in [2.45, 2.75) is 32.8 Å². The quantitative estimate of drug-likeness (QED) is 0.839. The van der Waals surface area contributed by atoms with Crippen LogP contribution in [0.4, 0.5) is 0 Å². The van der Waals surface area contributed by atoms with Gasteiger partial charge in [0.25, 0.3) is 0 Å². The SMILES string of the molecule is CC(=O)OCC1(COC(C)=O)CC(=O)c2c(O)cc(C)cc2O1. The number of ketones is 1. The van der Waals surface area contributed by atoms with E-state index >= 15 is 0 Å². The van der Waals surface area contributed by atoms with Crippen LogP contribution < -0.4 is 4.74 Å². The fourth-order valence-electron chi connectivity index (χ4n) is 2.41. The monoisotopic (exact) mass is 322 g/mol. The number of fused-ring (bicyclic) bond motifs is 1. The number of carbonyl (C=O) groups excluding carboxylic acids is 3. The first-order valence-electron chi connectivity index (χ1n) is 7.05. The molecule has 124 valence electrons. The molecule has 0 spiro atoms. The molecule has 0 bridgehead atoms. The highest BCUT2D eigenvalue weighted by atomic mass is 16.6. The molecule has 7 heteroatoms. The zero-order chi connectivity index (χ0) is 17.2. The van der Waals surface area contributed by atoms with Crippen LogP contribution in [0.3, 0.4) is 0 Å². The largest absolute Gasteiger partial charge is 0.507 e. The van der Waals surface area contributed by atoms with Crippen molar-refractivity contribution in [3.05, 3.63) is 23.3 Å². The van der Waals surface area contributed by atoms with Gasteiger partial charge in [-0.25, -0.2) is 0 Å². The summed E-state index contributed by atoms with van der Waals surface area (Å²) < 4.78 is 15.8. The number of rotatable bonds is 4. The molecule has 1 aromatic rings. The summed E-state index contributed by atoms with van der Waals surface area (Å²) in [5.41, 5.74) is -0.525. The Labute approximate surface area is 133 Å². The molecule has 0 aromatic heterocycles. The van der Waals surface area contributed by atoms with E-state index in [4.69, 9.17) is 14.2 Å². The van der Waals surface area contributed by atoms with Gasteiger partial charge in [0.05, 0.1) is 6.42 Å². The van der Waals surface area contributed by atoms with Gasteiger partial charge in [0.2, 0.25) is 0 Å². The zero-order valence-corrected chi connectivity index (χ0v) is 13.2. The first-order chi connectivity index (χ1) is 10.7. The summed E-state index contributed by atoms with van der Waals surface area (Å²) in [6.07, 6.45) is -0.183. The molecule has 0 radical (unpaired) electrons. The predicted molar refractivity (Wildman–Crippen MR) is 78.4 cm³/mol. The van der Waals surface area contributed by atoms with E-state index in [1.807, 2.05) is 0 Å². The van der Waals surface area contributed by atoms with Crippen molar-refractivity contribution in [1.29, 1.82) is 0 Å². The second-order valence-corrected chi connectivity index (χ2v) is 5.60. The normalized spacial score (nSPS) is 15.3. The van der Waals surface area contributed by atoms with Crippen LogP contribution >= 0.6 is 0 Å². The topological polar surface area (TPSA) is 99.1 Å². The number of ether oxygens (including phenoxy) is 3. The minimum absolute atomic E-state index is 0.0804. The third kappa shape index (κ3) is 3.80. The van der Waals surface area contributed by atoms with Crippen molar-refractivity contribution in [2.24, 2.45) is 0 Å². The van der Waals surface area contributed by atoms with Gasteiger partial charge in [-0.15, -0.1) is 0 Å². The van der Waals surface area contributed by atoms with E-state index in [9.17, 15) is 19.5 Å². The van der Waals surface area contributed by atoms with Gasteiger partial charge in [0.15, 0.2) is 11.4 Å². The fraction of sp³-hybridized carbons (Fsp3) is 0.438. The van der Waals surface area contributed by atoms with Crippen molar-refractivity contribution >= 4 is 17.7 Å². The number of Topliss-reactive ketones (excluding diaryl/α,β-unsaturated/α-hetero) is 1. The minimum Gasteiger partial charge on any atom is -0.507 e. The Bertz CT molecular complexity index is 645. The van der Waals surface area contributed by atoms with Gasteiger partial charge in [0, 0.05) is 13.8 Å². The maximum atomic E-state index is 12.4. The van der Waals surface area contributed by atoms with E-state index in [1.54, 1.807) is 13.0 Å². The highest BCUT2D eigenvalue weighted by molar-refractivity contribution is 6.03. The third-order valence-electron chi connectivity index (χ3n) is 3.39. The van der Waals surface area contributed by atoms with E-state index in [0.717, 1.165) is 0 Å². The fourth-order valence-corrected chi connectivity index (χ4v) is 2.41. The lowest BCUT2D eigenvalue weighted by Gasteiger charge is -2.36. The number of hydrogen-bond acceptors (Lipinski definition) is 7. The molecule has 23 heavy (non-hydrogen) atoms. The first-order valence-corrected chi connectivity index (χ1v) is 7.05. The molecule has 1 N–H and O–H groups in total. The average molecular weight is 322 g/mol. The minimum atomic E-state index is -1.30. The second kappa shape index (κ2) is 6.28. The van der Waals surface area contributed by atoms with Crippen LogP contribution in [-0.2, 0) is 19.1 Å². The van der Waals surface area contributed by atoms with E-state index in [-0.39, 0.29) is 42.5 Å². The molecule has 0 atom stereocenters. The number of esters is 2. The lowest BCUT2D eigenvalue weighted by atomic mass is 9.90. The molecular formula is C16H18O7. The highest BCUT2D eigenvalue weighted by Gasteiger charge is 2.44. The Morgan fingerprint density at radius 3 is 2.30 bits per heavy atom. The predicted octanol–water partition coefficient (Wildman–Crippen LogP) is 1.53.